The highest BCUT2D eigenvalue weighted by Crippen LogP contribution is 2.34. The smallest absolute Gasteiger partial charge is 0.179 e. The van der Waals surface area contributed by atoms with Gasteiger partial charge in [-0.15, -0.1) is 0 Å². The van der Waals surface area contributed by atoms with Gasteiger partial charge in [-0.2, -0.15) is 0 Å². The van der Waals surface area contributed by atoms with Crippen LogP contribution in [0.3, 0.4) is 0 Å². The lowest BCUT2D eigenvalue weighted by Crippen LogP contribution is -2.17. The first-order valence-corrected chi connectivity index (χ1v) is 6.21. The van der Waals surface area contributed by atoms with Crippen LogP contribution in [0.1, 0.15) is 25.3 Å². The first kappa shape index (κ1) is 9.54. The average Bonchev–Trinajstić information content (AvgIpc) is 2.40. The molecule has 1 saturated carbocycles. The normalized spacial score (nSPS) is 16.9. The summed E-state index contributed by atoms with van der Waals surface area (Å²) in [6.07, 6.45) is 5.56. The van der Waals surface area contributed by atoms with E-state index in [0.717, 1.165) is 20.4 Å². The third kappa shape index (κ3) is 1.45. The molecule has 2 heterocycles. The fourth-order valence-electron chi connectivity index (χ4n) is 1.97. The van der Waals surface area contributed by atoms with Crippen molar-refractivity contribution in [3.8, 4) is 0 Å². The van der Waals surface area contributed by atoms with Crippen molar-refractivity contribution in [3.05, 3.63) is 21.5 Å². The Morgan fingerprint density at radius 1 is 1.53 bits per heavy atom. The maximum Gasteiger partial charge on any atom is 0.179 e. The predicted molar refractivity (Wildman–Crippen MR) is 65.5 cm³/mol. The molecule has 0 bridgehead atoms. The van der Waals surface area contributed by atoms with E-state index in [2.05, 4.69) is 30.5 Å². The Morgan fingerprint density at radius 3 is 3.00 bits per heavy atom. The number of pyridine rings is 1. The minimum absolute atomic E-state index is 0.555. The van der Waals surface area contributed by atoms with Crippen LogP contribution in [0.2, 0.25) is 0 Å². The summed E-state index contributed by atoms with van der Waals surface area (Å²) in [6, 6.07) is 2.58. The molecule has 0 saturated heterocycles. The van der Waals surface area contributed by atoms with Gasteiger partial charge >= 0.3 is 0 Å². The Kier molecular flexibility index (Phi) is 2.17. The molecule has 0 amide bonds. The molecule has 0 aromatic carbocycles. The second-order valence-electron chi connectivity index (χ2n) is 3.91. The number of aromatic nitrogens is 3. The SMILES string of the molecule is S=c1[nH]c2cc(Br)cnc2n1C1CCC1. The van der Waals surface area contributed by atoms with Crippen molar-refractivity contribution in [2.45, 2.75) is 25.3 Å². The van der Waals surface area contributed by atoms with Crippen LogP contribution in [0, 0.1) is 4.77 Å². The summed E-state index contributed by atoms with van der Waals surface area (Å²) in [6.45, 7) is 0. The summed E-state index contributed by atoms with van der Waals surface area (Å²) in [5.41, 5.74) is 1.99. The summed E-state index contributed by atoms with van der Waals surface area (Å²) in [4.78, 5) is 7.62. The molecule has 0 unspecified atom stereocenters. The summed E-state index contributed by atoms with van der Waals surface area (Å²) < 4.78 is 3.92. The van der Waals surface area contributed by atoms with Crippen LogP contribution in [0.4, 0.5) is 0 Å². The van der Waals surface area contributed by atoms with Crippen LogP contribution >= 0.6 is 28.1 Å². The van der Waals surface area contributed by atoms with Crippen molar-refractivity contribution >= 4 is 39.3 Å². The van der Waals surface area contributed by atoms with Gasteiger partial charge in [-0.3, -0.25) is 4.57 Å². The summed E-state index contributed by atoms with van der Waals surface area (Å²) in [5.74, 6) is 0. The van der Waals surface area contributed by atoms with Gasteiger partial charge in [0.05, 0.1) is 5.52 Å². The molecule has 3 nitrogen and oxygen atoms in total. The predicted octanol–water partition coefficient (Wildman–Crippen LogP) is 3.58. The fourth-order valence-corrected chi connectivity index (χ4v) is 2.65. The lowest BCUT2D eigenvalue weighted by molar-refractivity contribution is 0.316. The number of aromatic amines is 1. The number of nitrogens with one attached hydrogen (secondary N) is 1. The van der Waals surface area contributed by atoms with E-state index in [0.29, 0.717) is 6.04 Å². The molecule has 2 aromatic heterocycles. The molecule has 15 heavy (non-hydrogen) atoms. The monoisotopic (exact) mass is 283 g/mol. The van der Waals surface area contributed by atoms with Gasteiger partial charge in [-0.25, -0.2) is 4.98 Å². The van der Waals surface area contributed by atoms with E-state index < -0.39 is 0 Å². The zero-order valence-electron chi connectivity index (χ0n) is 8.03. The molecule has 0 spiro atoms. The average molecular weight is 284 g/mol. The zero-order valence-corrected chi connectivity index (χ0v) is 10.4. The van der Waals surface area contributed by atoms with E-state index in [1.54, 1.807) is 0 Å². The second-order valence-corrected chi connectivity index (χ2v) is 5.21. The fraction of sp³-hybridized carbons (Fsp3) is 0.400. The molecule has 1 fully saturated rings. The molecule has 0 radical (unpaired) electrons. The largest absolute Gasteiger partial charge is 0.329 e. The lowest BCUT2D eigenvalue weighted by atomic mass is 9.93. The number of hydrogen-bond donors (Lipinski definition) is 1. The van der Waals surface area contributed by atoms with Gasteiger partial charge in [0.15, 0.2) is 10.4 Å². The van der Waals surface area contributed by atoms with Crippen LogP contribution in [0.25, 0.3) is 11.2 Å². The van der Waals surface area contributed by atoms with Crippen molar-refractivity contribution in [3.63, 3.8) is 0 Å². The molecule has 2 aromatic rings. The van der Waals surface area contributed by atoms with Gasteiger partial charge in [0.25, 0.3) is 0 Å². The topological polar surface area (TPSA) is 33.6 Å². The summed E-state index contributed by atoms with van der Waals surface area (Å²) in [7, 11) is 0. The summed E-state index contributed by atoms with van der Waals surface area (Å²) in [5, 5.41) is 0. The van der Waals surface area contributed by atoms with Gasteiger partial charge in [-0.05, 0) is 53.5 Å². The number of fused-ring (bicyclic) bond motifs is 1. The number of nitrogens with zero attached hydrogens (tertiary/aromatic N) is 2. The van der Waals surface area contributed by atoms with Crippen molar-refractivity contribution in [1.29, 1.82) is 0 Å². The van der Waals surface area contributed by atoms with Crippen LogP contribution in [-0.4, -0.2) is 14.5 Å². The second kappa shape index (κ2) is 3.42. The molecule has 3 rings (SSSR count). The van der Waals surface area contributed by atoms with Gasteiger partial charge in [0, 0.05) is 16.7 Å². The van der Waals surface area contributed by atoms with Gasteiger partial charge < -0.3 is 4.98 Å². The quantitative estimate of drug-likeness (QED) is 0.812. The van der Waals surface area contributed by atoms with Gasteiger partial charge in [-0.1, -0.05) is 0 Å². The van der Waals surface area contributed by atoms with Gasteiger partial charge in [0.2, 0.25) is 0 Å². The maximum absolute atomic E-state index is 5.32. The van der Waals surface area contributed by atoms with E-state index in [9.17, 15) is 0 Å². The molecule has 5 heteroatoms. The number of H-pyrrole nitrogens is 1. The molecule has 78 valence electrons. The standard InChI is InChI=1S/C10H10BrN3S/c11-6-4-8-9(12-5-6)14(10(15)13-8)7-2-1-3-7/h4-5,7H,1-3H2,(H,13,15). The Morgan fingerprint density at radius 2 is 2.33 bits per heavy atom. The van der Waals surface area contributed by atoms with E-state index in [-0.39, 0.29) is 0 Å². The Bertz CT molecular complexity index is 568. The Hall–Kier alpha value is -0.680. The first-order valence-electron chi connectivity index (χ1n) is 5.01. The van der Waals surface area contributed by atoms with Crippen molar-refractivity contribution < 1.29 is 0 Å². The van der Waals surface area contributed by atoms with Crippen molar-refractivity contribution in [1.82, 2.24) is 14.5 Å². The van der Waals surface area contributed by atoms with E-state index >= 15 is 0 Å². The third-order valence-electron chi connectivity index (χ3n) is 2.96. The Balaban J connectivity index is 2.27. The number of imidazole rings is 1. The zero-order chi connectivity index (χ0) is 10.4. The lowest BCUT2D eigenvalue weighted by Gasteiger charge is -2.26. The molecule has 1 aliphatic carbocycles. The summed E-state index contributed by atoms with van der Waals surface area (Å²) >= 11 is 8.73. The third-order valence-corrected chi connectivity index (χ3v) is 3.69. The van der Waals surface area contributed by atoms with Crippen molar-refractivity contribution in [2.75, 3.05) is 0 Å². The number of halogens is 1. The van der Waals surface area contributed by atoms with E-state index in [1.165, 1.54) is 19.3 Å². The van der Waals surface area contributed by atoms with Crippen LogP contribution in [0.5, 0.6) is 0 Å². The van der Waals surface area contributed by atoms with Crippen LogP contribution < -0.4 is 0 Å². The minimum atomic E-state index is 0.555. The van der Waals surface area contributed by atoms with Crippen molar-refractivity contribution in [2.24, 2.45) is 0 Å². The Labute approximate surface area is 101 Å². The molecule has 1 aliphatic rings. The minimum Gasteiger partial charge on any atom is -0.329 e. The molecule has 0 atom stereocenters. The van der Waals surface area contributed by atoms with Crippen LogP contribution in [-0.2, 0) is 0 Å². The van der Waals surface area contributed by atoms with Gasteiger partial charge in [0.1, 0.15) is 0 Å². The molecular weight excluding hydrogens is 274 g/mol. The first-order chi connectivity index (χ1) is 7.25. The highest BCUT2D eigenvalue weighted by atomic mass is 79.9. The molecule has 0 aliphatic heterocycles. The number of rotatable bonds is 1. The molecule has 1 N–H and O–H groups in total. The maximum atomic E-state index is 5.32. The van der Waals surface area contributed by atoms with E-state index in [4.69, 9.17) is 12.2 Å². The van der Waals surface area contributed by atoms with Crippen LogP contribution in [0.15, 0.2) is 16.7 Å². The van der Waals surface area contributed by atoms with E-state index in [1.807, 2.05) is 12.3 Å². The number of hydrogen-bond acceptors (Lipinski definition) is 2. The highest BCUT2D eigenvalue weighted by Gasteiger charge is 2.22. The molecular formula is C10H10BrN3S. The highest BCUT2D eigenvalue weighted by molar-refractivity contribution is 9.10.